The Morgan fingerprint density at radius 1 is 0.586 bits per heavy atom. The Labute approximate surface area is 173 Å². The van der Waals surface area contributed by atoms with Crippen molar-refractivity contribution in [3.8, 4) is 11.1 Å². The van der Waals surface area contributed by atoms with Crippen LogP contribution in [0.25, 0.3) is 11.1 Å². The SMILES string of the molecule is CC1(C)c2ccccc2-c2ccc(Nc3ccc(Cc4ccccc4)cc3)cc21. The van der Waals surface area contributed by atoms with Gasteiger partial charge in [0.2, 0.25) is 0 Å². The number of hydrogen-bond donors (Lipinski definition) is 1. The van der Waals surface area contributed by atoms with Crippen molar-refractivity contribution >= 4 is 11.4 Å². The molecular formula is C28H25N. The van der Waals surface area contributed by atoms with Gasteiger partial charge in [-0.05, 0) is 64.1 Å². The Hall–Kier alpha value is -3.32. The van der Waals surface area contributed by atoms with Crippen LogP contribution >= 0.6 is 0 Å². The molecule has 0 aliphatic heterocycles. The number of hydrogen-bond acceptors (Lipinski definition) is 1. The normalized spacial score (nSPS) is 13.6. The third-order valence-electron chi connectivity index (χ3n) is 6.08. The Morgan fingerprint density at radius 3 is 2.00 bits per heavy atom. The van der Waals surface area contributed by atoms with Gasteiger partial charge in [0.15, 0.2) is 0 Å². The number of benzene rings is 4. The summed E-state index contributed by atoms with van der Waals surface area (Å²) in [4.78, 5) is 0. The minimum atomic E-state index is 0.0309. The molecule has 0 fully saturated rings. The minimum absolute atomic E-state index is 0.0309. The first-order chi connectivity index (χ1) is 14.1. The first-order valence-corrected chi connectivity index (χ1v) is 10.3. The van der Waals surface area contributed by atoms with Crippen molar-refractivity contribution in [2.45, 2.75) is 25.7 Å². The summed E-state index contributed by atoms with van der Waals surface area (Å²) in [5.74, 6) is 0. The van der Waals surface area contributed by atoms with Crippen LogP contribution in [0.1, 0.15) is 36.1 Å². The quantitative estimate of drug-likeness (QED) is 0.394. The van der Waals surface area contributed by atoms with E-state index in [-0.39, 0.29) is 5.41 Å². The van der Waals surface area contributed by atoms with E-state index in [9.17, 15) is 0 Å². The maximum atomic E-state index is 3.59. The third-order valence-corrected chi connectivity index (χ3v) is 6.08. The van der Waals surface area contributed by atoms with E-state index in [1.807, 2.05) is 0 Å². The molecule has 4 aromatic rings. The second-order valence-corrected chi connectivity index (χ2v) is 8.42. The zero-order valence-electron chi connectivity index (χ0n) is 16.9. The second-order valence-electron chi connectivity index (χ2n) is 8.42. The summed E-state index contributed by atoms with van der Waals surface area (Å²) in [6, 6.07) is 34.9. The van der Waals surface area contributed by atoms with Crippen LogP contribution in [-0.2, 0) is 11.8 Å². The van der Waals surface area contributed by atoms with Gasteiger partial charge in [0.1, 0.15) is 0 Å². The van der Waals surface area contributed by atoms with Crippen molar-refractivity contribution in [2.75, 3.05) is 5.32 Å². The van der Waals surface area contributed by atoms with Gasteiger partial charge in [-0.2, -0.15) is 0 Å². The fourth-order valence-corrected chi connectivity index (χ4v) is 4.49. The molecule has 1 aliphatic carbocycles. The fourth-order valence-electron chi connectivity index (χ4n) is 4.49. The molecule has 0 atom stereocenters. The van der Waals surface area contributed by atoms with Crippen LogP contribution in [-0.4, -0.2) is 0 Å². The molecule has 0 radical (unpaired) electrons. The van der Waals surface area contributed by atoms with E-state index >= 15 is 0 Å². The highest BCUT2D eigenvalue weighted by atomic mass is 14.9. The van der Waals surface area contributed by atoms with Gasteiger partial charge in [0, 0.05) is 16.8 Å². The Balaban J connectivity index is 1.38. The maximum absolute atomic E-state index is 3.59. The second kappa shape index (κ2) is 6.93. The molecule has 0 bridgehead atoms. The van der Waals surface area contributed by atoms with Crippen LogP contribution in [0.15, 0.2) is 97.1 Å². The summed E-state index contributed by atoms with van der Waals surface area (Å²) < 4.78 is 0. The van der Waals surface area contributed by atoms with Crippen LogP contribution in [0, 0.1) is 0 Å². The highest BCUT2D eigenvalue weighted by molar-refractivity contribution is 5.82. The van der Waals surface area contributed by atoms with Gasteiger partial charge in [-0.3, -0.25) is 0 Å². The van der Waals surface area contributed by atoms with Crippen molar-refractivity contribution in [3.05, 3.63) is 119 Å². The Bertz CT molecular complexity index is 1150. The predicted octanol–water partition coefficient (Wildman–Crippen LogP) is 7.33. The summed E-state index contributed by atoms with van der Waals surface area (Å²) in [5, 5.41) is 3.59. The molecular weight excluding hydrogens is 350 g/mol. The summed E-state index contributed by atoms with van der Waals surface area (Å²) in [6.07, 6.45) is 0.965. The molecule has 0 unspecified atom stereocenters. The van der Waals surface area contributed by atoms with Gasteiger partial charge in [0.25, 0.3) is 0 Å². The topological polar surface area (TPSA) is 12.0 Å². The lowest BCUT2D eigenvalue weighted by Crippen LogP contribution is -2.15. The molecule has 0 heterocycles. The fraction of sp³-hybridized carbons (Fsp3) is 0.143. The van der Waals surface area contributed by atoms with E-state index in [2.05, 4.69) is 116 Å². The molecule has 4 aromatic carbocycles. The van der Waals surface area contributed by atoms with Crippen molar-refractivity contribution in [1.29, 1.82) is 0 Å². The average molecular weight is 376 g/mol. The van der Waals surface area contributed by atoms with Gasteiger partial charge >= 0.3 is 0 Å². The zero-order valence-corrected chi connectivity index (χ0v) is 16.9. The van der Waals surface area contributed by atoms with E-state index in [0.29, 0.717) is 0 Å². The van der Waals surface area contributed by atoms with Crippen LogP contribution in [0.2, 0.25) is 0 Å². The molecule has 1 N–H and O–H groups in total. The summed E-state index contributed by atoms with van der Waals surface area (Å²) in [7, 11) is 0. The molecule has 142 valence electrons. The third kappa shape index (κ3) is 3.23. The average Bonchev–Trinajstić information content (AvgIpc) is 2.98. The highest BCUT2D eigenvalue weighted by Crippen LogP contribution is 2.49. The van der Waals surface area contributed by atoms with Crippen LogP contribution in [0.5, 0.6) is 0 Å². The first-order valence-electron chi connectivity index (χ1n) is 10.3. The van der Waals surface area contributed by atoms with E-state index in [0.717, 1.165) is 17.8 Å². The smallest absolute Gasteiger partial charge is 0.0387 e. The molecule has 0 amide bonds. The van der Waals surface area contributed by atoms with Crippen molar-refractivity contribution in [3.63, 3.8) is 0 Å². The number of anilines is 2. The van der Waals surface area contributed by atoms with E-state index in [1.54, 1.807) is 0 Å². The molecule has 0 saturated carbocycles. The molecule has 5 rings (SSSR count). The minimum Gasteiger partial charge on any atom is -0.356 e. The zero-order chi connectivity index (χ0) is 19.8. The molecule has 1 heteroatoms. The molecule has 29 heavy (non-hydrogen) atoms. The molecule has 0 aromatic heterocycles. The van der Waals surface area contributed by atoms with Crippen molar-refractivity contribution < 1.29 is 0 Å². The largest absolute Gasteiger partial charge is 0.356 e. The van der Waals surface area contributed by atoms with Gasteiger partial charge in [-0.1, -0.05) is 86.6 Å². The highest BCUT2D eigenvalue weighted by Gasteiger charge is 2.35. The van der Waals surface area contributed by atoms with Crippen LogP contribution in [0.3, 0.4) is 0 Å². The lowest BCUT2D eigenvalue weighted by molar-refractivity contribution is 0.660. The maximum Gasteiger partial charge on any atom is 0.0387 e. The van der Waals surface area contributed by atoms with E-state index in [1.165, 1.54) is 33.4 Å². The number of nitrogens with one attached hydrogen (secondary N) is 1. The summed E-state index contributed by atoms with van der Waals surface area (Å²) >= 11 is 0. The summed E-state index contributed by atoms with van der Waals surface area (Å²) in [5.41, 5.74) is 10.5. The van der Waals surface area contributed by atoms with Crippen LogP contribution in [0.4, 0.5) is 11.4 Å². The Kier molecular flexibility index (Phi) is 4.24. The molecule has 0 spiro atoms. The lowest BCUT2D eigenvalue weighted by Gasteiger charge is -2.22. The number of fused-ring (bicyclic) bond motifs is 3. The van der Waals surface area contributed by atoms with Gasteiger partial charge in [-0.15, -0.1) is 0 Å². The van der Waals surface area contributed by atoms with Gasteiger partial charge in [-0.25, -0.2) is 0 Å². The molecule has 1 aliphatic rings. The Morgan fingerprint density at radius 2 is 1.21 bits per heavy atom. The van der Waals surface area contributed by atoms with E-state index < -0.39 is 0 Å². The molecule has 1 nitrogen and oxygen atoms in total. The van der Waals surface area contributed by atoms with Gasteiger partial charge in [0.05, 0.1) is 0 Å². The standard InChI is InChI=1S/C28H25N/c1-28(2)26-11-7-6-10-24(26)25-17-16-23(19-27(25)28)29-22-14-12-21(13-15-22)18-20-8-4-3-5-9-20/h3-17,19,29H,18H2,1-2H3. The molecule has 0 saturated heterocycles. The van der Waals surface area contributed by atoms with E-state index in [4.69, 9.17) is 0 Å². The van der Waals surface area contributed by atoms with Crippen molar-refractivity contribution in [2.24, 2.45) is 0 Å². The predicted molar refractivity (Wildman–Crippen MR) is 123 cm³/mol. The lowest BCUT2D eigenvalue weighted by atomic mass is 9.82. The van der Waals surface area contributed by atoms with Crippen molar-refractivity contribution in [1.82, 2.24) is 0 Å². The monoisotopic (exact) mass is 375 g/mol. The first kappa shape index (κ1) is 17.8. The summed E-state index contributed by atoms with van der Waals surface area (Å²) in [6.45, 7) is 4.64. The van der Waals surface area contributed by atoms with Gasteiger partial charge < -0.3 is 5.32 Å². The number of rotatable bonds is 4. The van der Waals surface area contributed by atoms with Crippen LogP contribution < -0.4 is 5.32 Å².